The van der Waals surface area contributed by atoms with Crippen LogP contribution in [0, 0.1) is 5.92 Å². The Labute approximate surface area is 211 Å². The Morgan fingerprint density at radius 1 is 1.08 bits per heavy atom. The van der Waals surface area contributed by atoms with E-state index in [2.05, 4.69) is 25.9 Å². The second kappa shape index (κ2) is 9.57. The SMILES string of the molecule is CC(C)[C@H](NC(=O)C(C)(F)F)[C@H](Oc1ccc2c(cnn2-c2ccc3nnnn3c2)c1)c1ccccc1. The van der Waals surface area contributed by atoms with Gasteiger partial charge in [-0.25, -0.2) is 4.68 Å². The van der Waals surface area contributed by atoms with Crippen LogP contribution in [-0.4, -0.2) is 47.7 Å². The number of hydrogen-bond donors (Lipinski definition) is 1. The first kappa shape index (κ1) is 24.3. The number of carbonyl (C=O) groups excluding carboxylic acids is 1. The van der Waals surface area contributed by atoms with Gasteiger partial charge in [-0.05, 0) is 52.2 Å². The van der Waals surface area contributed by atoms with Gasteiger partial charge >= 0.3 is 5.92 Å². The Kier molecular flexibility index (Phi) is 6.28. The summed E-state index contributed by atoms with van der Waals surface area (Å²) in [6.45, 7) is 4.29. The number of pyridine rings is 1. The van der Waals surface area contributed by atoms with Crippen LogP contribution in [0.25, 0.3) is 22.2 Å². The van der Waals surface area contributed by atoms with Crippen molar-refractivity contribution >= 4 is 22.5 Å². The van der Waals surface area contributed by atoms with Crippen LogP contribution in [0.1, 0.15) is 32.4 Å². The fourth-order valence-corrected chi connectivity index (χ4v) is 4.15. The molecule has 37 heavy (non-hydrogen) atoms. The van der Waals surface area contributed by atoms with Crippen LogP contribution in [-0.2, 0) is 4.79 Å². The molecule has 2 aromatic carbocycles. The summed E-state index contributed by atoms with van der Waals surface area (Å²) in [6, 6.07) is 17.7. The maximum absolute atomic E-state index is 13.7. The fraction of sp³-hybridized carbons (Fsp3) is 0.269. The largest absolute Gasteiger partial charge is 0.484 e. The van der Waals surface area contributed by atoms with Crippen molar-refractivity contribution in [1.29, 1.82) is 0 Å². The summed E-state index contributed by atoms with van der Waals surface area (Å²) in [7, 11) is 0. The van der Waals surface area contributed by atoms with E-state index < -0.39 is 24.0 Å². The van der Waals surface area contributed by atoms with Gasteiger partial charge < -0.3 is 10.1 Å². The molecular formula is C26H25F2N7O2. The number of nitrogens with zero attached hydrogens (tertiary/aromatic N) is 6. The van der Waals surface area contributed by atoms with Crippen LogP contribution in [0.5, 0.6) is 5.75 Å². The Hall–Kier alpha value is -4.41. The van der Waals surface area contributed by atoms with Crippen molar-refractivity contribution in [2.24, 2.45) is 5.92 Å². The molecule has 0 saturated carbocycles. The number of ether oxygens (including phenoxy) is 1. The van der Waals surface area contributed by atoms with E-state index in [-0.39, 0.29) is 5.92 Å². The van der Waals surface area contributed by atoms with Gasteiger partial charge in [-0.3, -0.25) is 4.79 Å². The molecule has 3 aromatic heterocycles. The van der Waals surface area contributed by atoms with Gasteiger partial charge in [-0.1, -0.05) is 44.2 Å². The zero-order valence-electron chi connectivity index (χ0n) is 20.4. The summed E-state index contributed by atoms with van der Waals surface area (Å²) in [6.07, 6.45) is 2.78. The zero-order chi connectivity index (χ0) is 26.2. The van der Waals surface area contributed by atoms with E-state index in [4.69, 9.17) is 4.74 Å². The number of amides is 1. The number of tetrazole rings is 1. The molecule has 0 aliphatic heterocycles. The van der Waals surface area contributed by atoms with E-state index >= 15 is 0 Å². The smallest absolute Gasteiger partial charge is 0.321 e. The molecule has 9 nitrogen and oxygen atoms in total. The highest BCUT2D eigenvalue weighted by Gasteiger charge is 2.37. The molecule has 3 heterocycles. The number of rotatable bonds is 8. The zero-order valence-corrected chi connectivity index (χ0v) is 20.4. The molecule has 0 aliphatic carbocycles. The summed E-state index contributed by atoms with van der Waals surface area (Å²) in [5.74, 6) is -4.52. The fourth-order valence-electron chi connectivity index (χ4n) is 4.15. The van der Waals surface area contributed by atoms with Crippen LogP contribution in [0.15, 0.2) is 73.1 Å². The molecule has 0 bridgehead atoms. The second-order valence-electron chi connectivity index (χ2n) is 9.23. The Morgan fingerprint density at radius 3 is 2.59 bits per heavy atom. The molecule has 0 saturated heterocycles. The number of fused-ring (bicyclic) bond motifs is 2. The van der Waals surface area contributed by atoms with Crippen molar-refractivity contribution in [3.63, 3.8) is 0 Å². The van der Waals surface area contributed by atoms with E-state index in [0.717, 1.165) is 22.2 Å². The van der Waals surface area contributed by atoms with Crippen molar-refractivity contribution in [2.45, 2.75) is 38.8 Å². The lowest BCUT2D eigenvalue weighted by Crippen LogP contribution is -2.49. The number of aromatic nitrogens is 6. The normalized spacial score (nSPS) is 13.7. The average Bonchev–Trinajstić information content (AvgIpc) is 3.52. The van der Waals surface area contributed by atoms with E-state index in [1.165, 1.54) is 0 Å². The maximum atomic E-state index is 13.7. The lowest BCUT2D eigenvalue weighted by atomic mass is 9.92. The molecule has 0 fully saturated rings. The van der Waals surface area contributed by atoms with Gasteiger partial charge in [0, 0.05) is 12.3 Å². The summed E-state index contributed by atoms with van der Waals surface area (Å²) in [4.78, 5) is 12.2. The molecule has 2 atom stereocenters. The van der Waals surface area contributed by atoms with Crippen molar-refractivity contribution in [3.8, 4) is 11.4 Å². The van der Waals surface area contributed by atoms with Crippen molar-refractivity contribution in [2.75, 3.05) is 0 Å². The molecule has 190 valence electrons. The standard InChI is InChI=1S/C26H25F2N7O2/c1-16(2)23(30-25(36)26(3,27)28)24(17-7-5-4-6-8-17)37-20-10-11-21-18(13-20)14-29-35(21)19-9-12-22-31-32-33-34(22)15-19/h4-16,23-24H,1-3H3,(H,30,36)/t23-,24+/m0/s1. The quantitative estimate of drug-likeness (QED) is 0.336. The van der Waals surface area contributed by atoms with Gasteiger partial charge in [0.2, 0.25) is 0 Å². The third kappa shape index (κ3) is 4.97. The van der Waals surface area contributed by atoms with Gasteiger partial charge in [-0.2, -0.15) is 18.4 Å². The van der Waals surface area contributed by atoms with Crippen LogP contribution >= 0.6 is 0 Å². The number of nitrogens with one attached hydrogen (secondary N) is 1. The minimum atomic E-state index is -3.51. The van der Waals surface area contributed by atoms with E-state index in [0.29, 0.717) is 18.3 Å². The lowest BCUT2D eigenvalue weighted by Gasteiger charge is -2.32. The summed E-state index contributed by atoms with van der Waals surface area (Å²) >= 11 is 0. The maximum Gasteiger partial charge on any atom is 0.321 e. The molecule has 11 heteroatoms. The molecule has 5 aromatic rings. The topological polar surface area (TPSA) is 99.2 Å². The Bertz CT molecular complexity index is 1540. The first-order valence-electron chi connectivity index (χ1n) is 11.8. The van der Waals surface area contributed by atoms with Gasteiger partial charge in [0.25, 0.3) is 5.91 Å². The van der Waals surface area contributed by atoms with E-state index in [1.54, 1.807) is 33.7 Å². The molecule has 0 radical (unpaired) electrons. The molecule has 1 amide bonds. The number of halogens is 2. The van der Waals surface area contributed by atoms with Gasteiger partial charge in [0.15, 0.2) is 5.65 Å². The minimum absolute atomic E-state index is 0.191. The molecule has 0 spiro atoms. The summed E-state index contributed by atoms with van der Waals surface area (Å²) in [5, 5.41) is 19.3. The number of alkyl halides is 2. The van der Waals surface area contributed by atoms with Crippen LogP contribution in [0.2, 0.25) is 0 Å². The number of carbonyl (C=O) groups is 1. The first-order chi connectivity index (χ1) is 17.7. The van der Waals surface area contributed by atoms with Gasteiger partial charge in [-0.15, -0.1) is 5.10 Å². The summed E-state index contributed by atoms with van der Waals surface area (Å²) < 4.78 is 37.2. The van der Waals surface area contributed by atoms with Crippen molar-refractivity contribution in [3.05, 3.63) is 78.6 Å². The van der Waals surface area contributed by atoms with E-state index in [1.807, 2.05) is 62.4 Å². The third-order valence-corrected chi connectivity index (χ3v) is 6.09. The Balaban J connectivity index is 1.48. The third-order valence-electron chi connectivity index (χ3n) is 6.09. The highest BCUT2D eigenvalue weighted by Crippen LogP contribution is 2.31. The first-order valence-corrected chi connectivity index (χ1v) is 11.8. The van der Waals surface area contributed by atoms with Gasteiger partial charge in [0.1, 0.15) is 11.9 Å². The number of benzene rings is 2. The average molecular weight is 506 g/mol. The van der Waals surface area contributed by atoms with Crippen LogP contribution in [0.4, 0.5) is 8.78 Å². The second-order valence-corrected chi connectivity index (χ2v) is 9.23. The highest BCUT2D eigenvalue weighted by molar-refractivity contribution is 5.83. The summed E-state index contributed by atoms with van der Waals surface area (Å²) in [5.41, 5.74) is 2.98. The van der Waals surface area contributed by atoms with Crippen LogP contribution < -0.4 is 10.1 Å². The van der Waals surface area contributed by atoms with Crippen molar-refractivity contribution < 1.29 is 18.3 Å². The molecular weight excluding hydrogens is 480 g/mol. The monoisotopic (exact) mass is 505 g/mol. The molecule has 0 unspecified atom stereocenters. The molecule has 1 N–H and O–H groups in total. The van der Waals surface area contributed by atoms with Crippen LogP contribution in [0.3, 0.4) is 0 Å². The van der Waals surface area contributed by atoms with E-state index in [9.17, 15) is 13.6 Å². The molecule has 0 aliphatic rings. The predicted octanol–water partition coefficient (Wildman–Crippen LogP) is 4.38. The molecule has 5 rings (SSSR count). The van der Waals surface area contributed by atoms with Crippen molar-refractivity contribution in [1.82, 2.24) is 35.1 Å². The lowest BCUT2D eigenvalue weighted by molar-refractivity contribution is -0.145. The predicted molar refractivity (Wildman–Crippen MR) is 133 cm³/mol. The van der Waals surface area contributed by atoms with Gasteiger partial charge in [0.05, 0.1) is 29.6 Å². The highest BCUT2D eigenvalue weighted by atomic mass is 19.3. The minimum Gasteiger partial charge on any atom is -0.484 e. The Morgan fingerprint density at radius 2 is 1.86 bits per heavy atom. The number of hydrogen-bond acceptors (Lipinski definition) is 6.